The van der Waals surface area contributed by atoms with Gasteiger partial charge in [-0.05, 0) is 30.5 Å². The van der Waals surface area contributed by atoms with Crippen LogP contribution >= 0.6 is 0 Å². The molecule has 0 amide bonds. The predicted octanol–water partition coefficient (Wildman–Crippen LogP) is 2.15. The number of benzene rings is 1. The summed E-state index contributed by atoms with van der Waals surface area (Å²) in [5.74, 6) is 0.921. The maximum atomic E-state index is 9.60. The number of aliphatic hydroxyl groups is 1. The fourth-order valence-corrected chi connectivity index (χ4v) is 2.52. The van der Waals surface area contributed by atoms with Gasteiger partial charge < -0.3 is 20.1 Å². The van der Waals surface area contributed by atoms with E-state index in [4.69, 9.17) is 4.74 Å². The van der Waals surface area contributed by atoms with Gasteiger partial charge in [0.2, 0.25) is 0 Å². The molecule has 0 unspecified atom stereocenters. The van der Waals surface area contributed by atoms with Crippen LogP contribution in [-0.4, -0.2) is 37.5 Å². The number of aliphatic hydroxyl groups excluding tert-OH is 1. The predicted molar refractivity (Wildman–Crippen MR) is 82.4 cm³/mol. The van der Waals surface area contributed by atoms with Crippen molar-refractivity contribution in [3.8, 4) is 5.75 Å². The summed E-state index contributed by atoms with van der Waals surface area (Å²) in [7, 11) is 1.72. The van der Waals surface area contributed by atoms with E-state index in [0.29, 0.717) is 6.04 Å². The van der Waals surface area contributed by atoms with E-state index in [-0.39, 0.29) is 6.10 Å². The maximum Gasteiger partial charge on any atom is 0.142 e. The number of anilines is 1. The number of rotatable bonds is 5. The van der Waals surface area contributed by atoms with Crippen molar-refractivity contribution in [2.45, 2.75) is 45.4 Å². The summed E-state index contributed by atoms with van der Waals surface area (Å²) in [6.45, 7) is 6.92. The molecular weight excluding hydrogens is 252 g/mol. The smallest absolute Gasteiger partial charge is 0.142 e. The van der Waals surface area contributed by atoms with Crippen LogP contribution in [0.3, 0.4) is 0 Å². The lowest BCUT2D eigenvalue weighted by atomic mass is 10.1. The number of piperidine rings is 1. The Morgan fingerprint density at radius 3 is 2.65 bits per heavy atom. The van der Waals surface area contributed by atoms with Gasteiger partial charge in [-0.1, -0.05) is 19.9 Å². The molecule has 1 aliphatic heterocycles. The number of hydrogen-bond acceptors (Lipinski definition) is 4. The van der Waals surface area contributed by atoms with Gasteiger partial charge in [-0.15, -0.1) is 0 Å². The molecule has 0 bridgehead atoms. The van der Waals surface area contributed by atoms with Crippen molar-refractivity contribution in [1.82, 2.24) is 5.32 Å². The van der Waals surface area contributed by atoms with Crippen molar-refractivity contribution in [3.05, 3.63) is 23.8 Å². The third kappa shape index (κ3) is 3.87. The van der Waals surface area contributed by atoms with Gasteiger partial charge in [0.15, 0.2) is 0 Å². The van der Waals surface area contributed by atoms with Crippen LogP contribution in [0.4, 0.5) is 5.69 Å². The molecule has 20 heavy (non-hydrogen) atoms. The molecule has 0 aromatic heterocycles. The van der Waals surface area contributed by atoms with E-state index >= 15 is 0 Å². The summed E-state index contributed by atoms with van der Waals surface area (Å²) in [6.07, 6.45) is 1.52. The van der Waals surface area contributed by atoms with Gasteiger partial charge in [0.05, 0.1) is 18.9 Å². The fraction of sp³-hybridized carbons (Fsp3) is 0.625. The number of ether oxygens (including phenoxy) is 1. The Morgan fingerprint density at radius 1 is 1.35 bits per heavy atom. The molecular formula is C16H26N2O2. The summed E-state index contributed by atoms with van der Waals surface area (Å²) in [5, 5.41) is 13.0. The van der Waals surface area contributed by atoms with Gasteiger partial charge in [0, 0.05) is 25.7 Å². The van der Waals surface area contributed by atoms with Crippen LogP contribution < -0.4 is 15.0 Å². The second-order valence-electron chi connectivity index (χ2n) is 5.76. The highest BCUT2D eigenvalue weighted by Crippen LogP contribution is 2.31. The van der Waals surface area contributed by atoms with Gasteiger partial charge in [0.25, 0.3) is 0 Å². The molecule has 2 N–H and O–H groups in total. The Hall–Kier alpha value is -1.26. The molecule has 0 saturated carbocycles. The molecule has 0 radical (unpaired) electrons. The molecule has 1 aliphatic rings. The number of nitrogens with zero attached hydrogens (tertiary/aromatic N) is 1. The Kier molecular flexibility index (Phi) is 5.26. The zero-order chi connectivity index (χ0) is 14.5. The van der Waals surface area contributed by atoms with E-state index in [9.17, 15) is 5.11 Å². The van der Waals surface area contributed by atoms with Crippen LogP contribution in [0.1, 0.15) is 32.3 Å². The summed E-state index contributed by atoms with van der Waals surface area (Å²) in [6, 6.07) is 6.87. The zero-order valence-electron chi connectivity index (χ0n) is 12.7. The lowest BCUT2D eigenvalue weighted by molar-refractivity contribution is 0.145. The Labute approximate surface area is 121 Å². The molecule has 1 heterocycles. The summed E-state index contributed by atoms with van der Waals surface area (Å²) in [5.41, 5.74) is 2.36. The highest BCUT2D eigenvalue weighted by Gasteiger charge is 2.19. The van der Waals surface area contributed by atoms with Crippen LogP contribution in [0.2, 0.25) is 0 Å². The first-order valence-electron chi connectivity index (χ1n) is 7.43. The molecule has 1 saturated heterocycles. The Morgan fingerprint density at radius 2 is 2.05 bits per heavy atom. The average Bonchev–Trinajstić information content (AvgIpc) is 2.45. The number of nitrogens with one attached hydrogen (secondary N) is 1. The topological polar surface area (TPSA) is 44.7 Å². The number of hydrogen-bond donors (Lipinski definition) is 2. The first-order chi connectivity index (χ1) is 9.60. The van der Waals surface area contributed by atoms with Gasteiger partial charge in [-0.2, -0.15) is 0 Å². The SMILES string of the molecule is COc1cc(CNC(C)C)ccc1N1CCC(O)CC1. The first kappa shape index (κ1) is 15.1. The first-order valence-corrected chi connectivity index (χ1v) is 7.43. The van der Waals surface area contributed by atoms with Crippen molar-refractivity contribution in [2.24, 2.45) is 0 Å². The number of methoxy groups -OCH3 is 1. The van der Waals surface area contributed by atoms with Crippen LogP contribution in [0.25, 0.3) is 0 Å². The zero-order valence-corrected chi connectivity index (χ0v) is 12.7. The summed E-state index contributed by atoms with van der Waals surface area (Å²) >= 11 is 0. The fourth-order valence-electron chi connectivity index (χ4n) is 2.52. The molecule has 1 aromatic carbocycles. The van der Waals surface area contributed by atoms with Gasteiger partial charge in [-0.25, -0.2) is 0 Å². The van der Waals surface area contributed by atoms with Gasteiger partial charge in [-0.3, -0.25) is 0 Å². The Balaban J connectivity index is 2.09. The van der Waals surface area contributed by atoms with E-state index in [1.54, 1.807) is 7.11 Å². The highest BCUT2D eigenvalue weighted by molar-refractivity contribution is 5.60. The largest absolute Gasteiger partial charge is 0.495 e. The van der Waals surface area contributed by atoms with Crippen molar-refractivity contribution < 1.29 is 9.84 Å². The normalized spacial score (nSPS) is 16.8. The van der Waals surface area contributed by atoms with E-state index in [0.717, 1.165) is 43.9 Å². The minimum Gasteiger partial charge on any atom is -0.495 e. The van der Waals surface area contributed by atoms with Crippen LogP contribution in [0.15, 0.2) is 18.2 Å². The van der Waals surface area contributed by atoms with Gasteiger partial charge in [0.1, 0.15) is 5.75 Å². The van der Waals surface area contributed by atoms with Crippen LogP contribution in [0, 0.1) is 0 Å². The molecule has 0 aliphatic carbocycles. The van der Waals surface area contributed by atoms with Crippen molar-refractivity contribution in [1.29, 1.82) is 0 Å². The molecule has 1 aromatic rings. The highest BCUT2D eigenvalue weighted by atomic mass is 16.5. The molecule has 4 heteroatoms. The van der Waals surface area contributed by atoms with Crippen LogP contribution in [0.5, 0.6) is 5.75 Å². The Bertz CT molecular complexity index is 426. The minimum absolute atomic E-state index is 0.147. The average molecular weight is 278 g/mol. The van der Waals surface area contributed by atoms with Crippen molar-refractivity contribution >= 4 is 5.69 Å². The van der Waals surface area contributed by atoms with Crippen LogP contribution in [-0.2, 0) is 6.54 Å². The second-order valence-corrected chi connectivity index (χ2v) is 5.76. The van der Waals surface area contributed by atoms with E-state index < -0.39 is 0 Å². The summed E-state index contributed by atoms with van der Waals surface area (Å²) in [4.78, 5) is 2.30. The maximum absolute atomic E-state index is 9.60. The molecule has 0 atom stereocenters. The quantitative estimate of drug-likeness (QED) is 0.866. The molecule has 4 nitrogen and oxygen atoms in total. The molecule has 2 rings (SSSR count). The lowest BCUT2D eigenvalue weighted by Gasteiger charge is -2.32. The van der Waals surface area contributed by atoms with Crippen molar-refractivity contribution in [3.63, 3.8) is 0 Å². The van der Waals surface area contributed by atoms with E-state index in [1.807, 2.05) is 0 Å². The van der Waals surface area contributed by atoms with Gasteiger partial charge >= 0.3 is 0 Å². The molecule has 0 spiro atoms. The van der Waals surface area contributed by atoms with E-state index in [2.05, 4.69) is 42.3 Å². The summed E-state index contributed by atoms with van der Waals surface area (Å²) < 4.78 is 5.54. The van der Waals surface area contributed by atoms with Crippen molar-refractivity contribution in [2.75, 3.05) is 25.1 Å². The minimum atomic E-state index is -0.147. The monoisotopic (exact) mass is 278 g/mol. The second kappa shape index (κ2) is 6.95. The molecule has 112 valence electrons. The molecule has 1 fully saturated rings. The lowest BCUT2D eigenvalue weighted by Crippen LogP contribution is -2.36. The third-order valence-electron chi connectivity index (χ3n) is 3.76. The van der Waals surface area contributed by atoms with E-state index in [1.165, 1.54) is 5.56 Å². The standard InChI is InChI=1S/C16H26N2O2/c1-12(2)17-11-13-4-5-15(16(10-13)20-3)18-8-6-14(19)7-9-18/h4-5,10,12,14,17,19H,6-9,11H2,1-3H3. The third-order valence-corrected chi connectivity index (χ3v) is 3.76.